The summed E-state index contributed by atoms with van der Waals surface area (Å²) in [6, 6.07) is 11.6. The molecule has 5 heteroatoms. The highest BCUT2D eigenvalue weighted by molar-refractivity contribution is 6.33. The number of rotatable bonds is 7. The molecule has 3 rings (SSSR count). The summed E-state index contributed by atoms with van der Waals surface area (Å²) in [4.78, 5) is 16.7. The van der Waals surface area contributed by atoms with E-state index >= 15 is 0 Å². The zero-order valence-electron chi connectivity index (χ0n) is 16.0. The summed E-state index contributed by atoms with van der Waals surface area (Å²) >= 11 is 6.25. The number of hydrogen-bond donors (Lipinski definition) is 1. The van der Waals surface area contributed by atoms with E-state index in [1.54, 1.807) is 6.07 Å². The second kappa shape index (κ2) is 8.57. The first-order valence-corrected chi connectivity index (χ1v) is 9.89. The van der Waals surface area contributed by atoms with E-state index in [1.807, 2.05) is 18.2 Å². The molecule has 0 aliphatic carbocycles. The Morgan fingerprint density at radius 2 is 2.04 bits per heavy atom. The first-order chi connectivity index (χ1) is 13.0. The van der Waals surface area contributed by atoms with E-state index < -0.39 is 0 Å². The van der Waals surface area contributed by atoms with Crippen molar-refractivity contribution in [2.45, 2.75) is 52.4 Å². The average molecular weight is 385 g/mol. The number of benzene rings is 2. The normalized spacial score (nSPS) is 12.3. The number of amides is 1. The van der Waals surface area contributed by atoms with Crippen LogP contribution in [0.3, 0.4) is 0 Å². The number of nitrogens with one attached hydrogen (secondary N) is 1. The Balaban J connectivity index is 1.89. The second-order valence-corrected chi connectivity index (χ2v) is 7.31. The van der Waals surface area contributed by atoms with E-state index in [-0.39, 0.29) is 5.91 Å². The summed E-state index contributed by atoms with van der Waals surface area (Å²) in [7, 11) is 0. The van der Waals surface area contributed by atoms with Crippen molar-refractivity contribution in [1.82, 2.24) is 4.98 Å². The highest BCUT2D eigenvalue weighted by Gasteiger charge is 2.13. The number of carbonyl (C=O) groups is 1. The Bertz CT molecular complexity index is 949. The van der Waals surface area contributed by atoms with Crippen molar-refractivity contribution in [2.24, 2.45) is 0 Å². The van der Waals surface area contributed by atoms with E-state index in [0.29, 0.717) is 28.9 Å². The molecule has 1 amide bonds. The topological polar surface area (TPSA) is 55.1 Å². The monoisotopic (exact) mass is 384 g/mol. The number of fused-ring (bicyclic) bond motifs is 1. The lowest BCUT2D eigenvalue weighted by Crippen LogP contribution is -2.11. The minimum Gasteiger partial charge on any atom is -0.436 e. The van der Waals surface area contributed by atoms with Gasteiger partial charge in [0.1, 0.15) is 5.52 Å². The molecule has 2 aromatic carbocycles. The summed E-state index contributed by atoms with van der Waals surface area (Å²) in [5.74, 6) is 0.966. The van der Waals surface area contributed by atoms with Gasteiger partial charge in [0, 0.05) is 12.0 Å². The van der Waals surface area contributed by atoms with Crippen molar-refractivity contribution in [3.05, 3.63) is 47.0 Å². The van der Waals surface area contributed by atoms with Crippen LogP contribution in [0, 0.1) is 0 Å². The van der Waals surface area contributed by atoms with Gasteiger partial charge in [-0.15, -0.1) is 0 Å². The molecule has 0 saturated heterocycles. The zero-order chi connectivity index (χ0) is 19.4. The van der Waals surface area contributed by atoms with Crippen LogP contribution >= 0.6 is 11.6 Å². The first-order valence-electron chi connectivity index (χ1n) is 9.52. The molecule has 0 radical (unpaired) electrons. The van der Waals surface area contributed by atoms with Crippen molar-refractivity contribution in [3.8, 4) is 11.5 Å². The zero-order valence-corrected chi connectivity index (χ0v) is 16.8. The van der Waals surface area contributed by atoms with E-state index in [1.165, 1.54) is 5.56 Å². The van der Waals surface area contributed by atoms with Gasteiger partial charge in [0.25, 0.3) is 0 Å². The van der Waals surface area contributed by atoms with Crippen molar-refractivity contribution in [1.29, 1.82) is 0 Å². The molecule has 142 valence electrons. The van der Waals surface area contributed by atoms with Gasteiger partial charge in [-0.3, -0.25) is 4.79 Å². The van der Waals surface area contributed by atoms with Gasteiger partial charge in [0.2, 0.25) is 11.8 Å². The SMILES string of the molecule is CCCCC(=O)Nc1cc(-c2nc3cc([C@H](C)CC)ccc3o2)ccc1Cl. The third-order valence-corrected chi connectivity index (χ3v) is 5.17. The number of anilines is 1. The molecule has 0 aliphatic rings. The van der Waals surface area contributed by atoms with Crippen LogP contribution in [-0.4, -0.2) is 10.9 Å². The number of carbonyl (C=O) groups excluding carboxylic acids is 1. The molecule has 0 saturated carbocycles. The Hall–Kier alpha value is -2.33. The molecule has 1 aromatic heterocycles. The van der Waals surface area contributed by atoms with Gasteiger partial charge in [-0.2, -0.15) is 0 Å². The minimum absolute atomic E-state index is 0.0355. The van der Waals surface area contributed by atoms with E-state index in [9.17, 15) is 4.79 Å². The third-order valence-electron chi connectivity index (χ3n) is 4.84. The van der Waals surface area contributed by atoms with E-state index in [4.69, 9.17) is 16.0 Å². The largest absolute Gasteiger partial charge is 0.436 e. The standard InChI is InChI=1S/C22H25ClN2O2/c1-4-6-7-21(26)24-18-13-16(8-10-17(18)23)22-25-19-12-15(14(3)5-2)9-11-20(19)27-22/h8-14H,4-7H2,1-3H3,(H,24,26)/t14-/m1/s1. The fraction of sp³-hybridized carbons (Fsp3) is 0.364. The van der Waals surface area contributed by atoms with Crippen LogP contribution in [-0.2, 0) is 4.79 Å². The fourth-order valence-electron chi connectivity index (χ4n) is 2.91. The summed E-state index contributed by atoms with van der Waals surface area (Å²) in [5.41, 5.74) is 4.21. The molecule has 4 nitrogen and oxygen atoms in total. The fourth-order valence-corrected chi connectivity index (χ4v) is 3.08. The number of halogens is 1. The van der Waals surface area contributed by atoms with Crippen LogP contribution in [0.4, 0.5) is 5.69 Å². The van der Waals surface area contributed by atoms with Gasteiger partial charge in [-0.05, 0) is 54.7 Å². The quantitative estimate of drug-likeness (QED) is 0.487. The van der Waals surface area contributed by atoms with Crippen LogP contribution in [0.5, 0.6) is 0 Å². The molecule has 1 N–H and O–H groups in total. The van der Waals surface area contributed by atoms with Crippen molar-refractivity contribution in [3.63, 3.8) is 0 Å². The molecule has 0 bridgehead atoms. The highest BCUT2D eigenvalue weighted by atomic mass is 35.5. The average Bonchev–Trinajstić information content (AvgIpc) is 3.10. The number of aromatic nitrogens is 1. The van der Waals surface area contributed by atoms with Crippen LogP contribution < -0.4 is 5.32 Å². The first kappa shape index (κ1) is 19.4. The Labute approximate surface area is 164 Å². The molecule has 0 fully saturated rings. The molecule has 27 heavy (non-hydrogen) atoms. The maximum atomic E-state index is 12.0. The lowest BCUT2D eigenvalue weighted by atomic mass is 9.98. The number of nitrogens with zero attached hydrogens (tertiary/aromatic N) is 1. The van der Waals surface area contributed by atoms with E-state index in [0.717, 1.165) is 35.9 Å². The highest BCUT2D eigenvalue weighted by Crippen LogP contribution is 2.31. The number of hydrogen-bond acceptors (Lipinski definition) is 3. The summed E-state index contributed by atoms with van der Waals surface area (Å²) in [6.07, 6.45) is 3.39. The summed E-state index contributed by atoms with van der Waals surface area (Å²) < 4.78 is 5.92. The molecule has 0 spiro atoms. The Morgan fingerprint density at radius 1 is 1.22 bits per heavy atom. The van der Waals surface area contributed by atoms with Crippen LogP contribution in [0.1, 0.15) is 57.9 Å². The number of oxazole rings is 1. The number of unbranched alkanes of at least 4 members (excludes halogenated alkanes) is 1. The van der Waals surface area contributed by atoms with Gasteiger partial charge >= 0.3 is 0 Å². The van der Waals surface area contributed by atoms with Crippen LogP contribution in [0.2, 0.25) is 5.02 Å². The Kier molecular flexibility index (Phi) is 6.17. The van der Waals surface area contributed by atoms with Crippen LogP contribution in [0.15, 0.2) is 40.8 Å². The van der Waals surface area contributed by atoms with E-state index in [2.05, 4.69) is 43.2 Å². The van der Waals surface area contributed by atoms with Gasteiger partial charge in [-0.25, -0.2) is 4.98 Å². The molecular formula is C22H25ClN2O2. The molecule has 0 aliphatic heterocycles. The lowest BCUT2D eigenvalue weighted by Gasteiger charge is -2.08. The van der Waals surface area contributed by atoms with Crippen molar-refractivity contribution >= 4 is 34.3 Å². The smallest absolute Gasteiger partial charge is 0.227 e. The molecule has 1 atom stereocenters. The van der Waals surface area contributed by atoms with Gasteiger partial charge in [0.15, 0.2) is 5.58 Å². The lowest BCUT2D eigenvalue weighted by molar-refractivity contribution is -0.116. The second-order valence-electron chi connectivity index (χ2n) is 6.90. The predicted molar refractivity (Wildman–Crippen MR) is 111 cm³/mol. The van der Waals surface area contributed by atoms with Crippen molar-refractivity contribution in [2.75, 3.05) is 5.32 Å². The third kappa shape index (κ3) is 4.51. The molecule has 0 unspecified atom stereocenters. The van der Waals surface area contributed by atoms with Gasteiger partial charge in [-0.1, -0.05) is 44.9 Å². The molecular weight excluding hydrogens is 360 g/mol. The minimum atomic E-state index is -0.0355. The van der Waals surface area contributed by atoms with Gasteiger partial charge in [0.05, 0.1) is 10.7 Å². The summed E-state index contributed by atoms with van der Waals surface area (Å²) in [5, 5.41) is 3.38. The predicted octanol–water partition coefficient (Wildman–Crippen LogP) is 6.79. The van der Waals surface area contributed by atoms with Crippen molar-refractivity contribution < 1.29 is 9.21 Å². The maximum Gasteiger partial charge on any atom is 0.227 e. The maximum absolute atomic E-state index is 12.0. The molecule has 1 heterocycles. The van der Waals surface area contributed by atoms with Gasteiger partial charge < -0.3 is 9.73 Å². The molecule has 3 aromatic rings. The van der Waals surface area contributed by atoms with Crippen LogP contribution in [0.25, 0.3) is 22.6 Å². The summed E-state index contributed by atoms with van der Waals surface area (Å²) in [6.45, 7) is 6.43. The Morgan fingerprint density at radius 3 is 2.78 bits per heavy atom.